The number of nitrogens with one attached hydrogen (secondary N) is 1. The SMILES string of the molecule is Cc1cc(C)c(C2=C(O)C3(CCC(F)(F)CC3)NC2=O)c(C)c1C. The van der Waals surface area contributed by atoms with Crippen molar-refractivity contribution in [2.24, 2.45) is 0 Å². The first-order valence-corrected chi connectivity index (χ1v) is 8.30. The number of alkyl halides is 2. The summed E-state index contributed by atoms with van der Waals surface area (Å²) in [5.74, 6) is -3.16. The topological polar surface area (TPSA) is 49.3 Å². The lowest BCUT2D eigenvalue weighted by molar-refractivity contribution is -0.117. The maximum atomic E-state index is 13.5. The molecule has 0 atom stereocenters. The molecule has 24 heavy (non-hydrogen) atoms. The molecule has 0 bridgehead atoms. The normalized spacial score (nSPS) is 22.2. The van der Waals surface area contributed by atoms with Gasteiger partial charge in [-0.3, -0.25) is 4.79 Å². The van der Waals surface area contributed by atoms with Crippen molar-refractivity contribution in [1.82, 2.24) is 5.32 Å². The van der Waals surface area contributed by atoms with Gasteiger partial charge >= 0.3 is 0 Å². The van der Waals surface area contributed by atoms with Gasteiger partial charge in [-0.15, -0.1) is 0 Å². The Morgan fingerprint density at radius 3 is 2.17 bits per heavy atom. The molecule has 5 heteroatoms. The lowest BCUT2D eigenvalue weighted by Gasteiger charge is -2.36. The van der Waals surface area contributed by atoms with Gasteiger partial charge < -0.3 is 10.4 Å². The number of halogens is 2. The molecule has 1 amide bonds. The zero-order valence-electron chi connectivity index (χ0n) is 14.5. The molecule has 1 saturated carbocycles. The third-order valence-electron chi connectivity index (χ3n) is 5.71. The van der Waals surface area contributed by atoms with Crippen molar-refractivity contribution in [3.63, 3.8) is 0 Å². The van der Waals surface area contributed by atoms with Crippen LogP contribution in [0.5, 0.6) is 0 Å². The minimum atomic E-state index is -2.72. The molecular formula is C19H23F2NO2. The second kappa shape index (κ2) is 5.30. The van der Waals surface area contributed by atoms with Crippen LogP contribution in [0, 0.1) is 27.7 Å². The Kier molecular flexibility index (Phi) is 3.74. The van der Waals surface area contributed by atoms with Crippen LogP contribution in [0.4, 0.5) is 8.78 Å². The highest BCUT2D eigenvalue weighted by atomic mass is 19.3. The molecular weight excluding hydrogens is 312 g/mol. The van der Waals surface area contributed by atoms with E-state index in [1.807, 2.05) is 33.8 Å². The van der Waals surface area contributed by atoms with Crippen molar-refractivity contribution < 1.29 is 18.7 Å². The molecule has 0 aromatic heterocycles. The molecule has 1 fully saturated rings. The summed E-state index contributed by atoms with van der Waals surface area (Å²) in [4.78, 5) is 12.6. The molecule has 0 radical (unpaired) electrons. The largest absolute Gasteiger partial charge is 0.509 e. The first kappa shape index (κ1) is 16.9. The Balaban J connectivity index is 2.12. The van der Waals surface area contributed by atoms with E-state index in [-0.39, 0.29) is 42.9 Å². The van der Waals surface area contributed by atoms with Gasteiger partial charge in [-0.25, -0.2) is 8.78 Å². The lowest BCUT2D eigenvalue weighted by atomic mass is 9.78. The smallest absolute Gasteiger partial charge is 0.256 e. The Morgan fingerprint density at radius 1 is 1.00 bits per heavy atom. The van der Waals surface area contributed by atoms with Crippen molar-refractivity contribution in [3.8, 4) is 0 Å². The van der Waals surface area contributed by atoms with E-state index in [0.717, 1.165) is 27.8 Å². The Labute approximate surface area is 140 Å². The Hall–Kier alpha value is -1.91. The second-order valence-corrected chi connectivity index (χ2v) is 7.25. The van der Waals surface area contributed by atoms with E-state index in [1.165, 1.54) is 0 Å². The van der Waals surface area contributed by atoms with E-state index in [2.05, 4.69) is 5.32 Å². The van der Waals surface area contributed by atoms with Crippen LogP contribution >= 0.6 is 0 Å². The number of aliphatic hydroxyl groups excluding tert-OH is 1. The molecule has 2 aliphatic rings. The minimum absolute atomic E-state index is 0.0595. The van der Waals surface area contributed by atoms with Gasteiger partial charge in [-0.05, 0) is 68.4 Å². The number of amides is 1. The monoisotopic (exact) mass is 335 g/mol. The Morgan fingerprint density at radius 2 is 1.58 bits per heavy atom. The molecule has 1 aromatic rings. The third-order valence-corrected chi connectivity index (χ3v) is 5.71. The predicted octanol–water partition coefficient (Wildman–Crippen LogP) is 4.27. The molecule has 130 valence electrons. The lowest BCUT2D eigenvalue weighted by Crippen LogP contribution is -2.49. The fraction of sp³-hybridized carbons (Fsp3) is 0.526. The average Bonchev–Trinajstić information content (AvgIpc) is 2.73. The van der Waals surface area contributed by atoms with Crippen LogP contribution in [0.15, 0.2) is 11.8 Å². The second-order valence-electron chi connectivity index (χ2n) is 7.25. The van der Waals surface area contributed by atoms with Gasteiger partial charge in [0, 0.05) is 12.8 Å². The number of carbonyl (C=O) groups excluding carboxylic acids is 1. The van der Waals surface area contributed by atoms with Crippen molar-refractivity contribution in [3.05, 3.63) is 39.6 Å². The van der Waals surface area contributed by atoms with E-state index in [9.17, 15) is 18.7 Å². The van der Waals surface area contributed by atoms with Gasteiger partial charge in [0.15, 0.2) is 0 Å². The van der Waals surface area contributed by atoms with Gasteiger partial charge in [-0.2, -0.15) is 0 Å². The third kappa shape index (κ3) is 2.41. The number of aliphatic hydroxyl groups is 1. The van der Waals surface area contributed by atoms with Gasteiger partial charge in [0.05, 0.1) is 11.1 Å². The van der Waals surface area contributed by atoms with Crippen molar-refractivity contribution in [2.45, 2.75) is 64.8 Å². The average molecular weight is 335 g/mol. The zero-order chi connectivity index (χ0) is 17.9. The molecule has 1 spiro atoms. The highest BCUT2D eigenvalue weighted by Crippen LogP contribution is 2.46. The highest BCUT2D eigenvalue weighted by Gasteiger charge is 2.52. The maximum absolute atomic E-state index is 13.5. The van der Waals surface area contributed by atoms with Crippen LogP contribution in [-0.2, 0) is 4.79 Å². The van der Waals surface area contributed by atoms with Gasteiger partial charge in [0.25, 0.3) is 5.91 Å². The van der Waals surface area contributed by atoms with Crippen LogP contribution in [0.25, 0.3) is 5.57 Å². The fourth-order valence-electron chi connectivity index (χ4n) is 3.99. The first-order valence-electron chi connectivity index (χ1n) is 8.30. The molecule has 0 unspecified atom stereocenters. The molecule has 1 aliphatic carbocycles. The van der Waals surface area contributed by atoms with Gasteiger partial charge in [0.2, 0.25) is 5.92 Å². The molecule has 2 N–H and O–H groups in total. The summed E-state index contributed by atoms with van der Waals surface area (Å²) in [6.45, 7) is 7.82. The van der Waals surface area contributed by atoms with E-state index in [0.29, 0.717) is 0 Å². The molecule has 1 heterocycles. The first-order chi connectivity index (χ1) is 11.1. The highest BCUT2D eigenvalue weighted by molar-refractivity contribution is 6.24. The van der Waals surface area contributed by atoms with Crippen molar-refractivity contribution >= 4 is 11.5 Å². The van der Waals surface area contributed by atoms with Crippen molar-refractivity contribution in [1.29, 1.82) is 0 Å². The van der Waals surface area contributed by atoms with E-state index < -0.39 is 11.5 Å². The number of hydrogen-bond acceptors (Lipinski definition) is 2. The zero-order valence-corrected chi connectivity index (χ0v) is 14.5. The molecule has 3 rings (SSSR count). The summed E-state index contributed by atoms with van der Waals surface area (Å²) >= 11 is 0. The number of carbonyl (C=O) groups is 1. The van der Waals surface area contributed by atoms with Crippen LogP contribution in [-0.4, -0.2) is 22.5 Å². The quantitative estimate of drug-likeness (QED) is 0.805. The molecule has 3 nitrogen and oxygen atoms in total. The van der Waals surface area contributed by atoms with Crippen LogP contribution in [0.2, 0.25) is 0 Å². The molecule has 0 saturated heterocycles. The molecule has 1 aliphatic heterocycles. The predicted molar refractivity (Wildman–Crippen MR) is 89.2 cm³/mol. The summed E-state index contributed by atoms with van der Waals surface area (Å²) in [7, 11) is 0. The van der Waals surface area contributed by atoms with Crippen molar-refractivity contribution in [2.75, 3.05) is 0 Å². The standard InChI is InChI=1S/C19H23F2NO2/c1-10-9-11(2)14(13(4)12(10)3)15-16(23)18(22-17(15)24)5-7-19(20,21)8-6-18/h9,23H,5-8H2,1-4H3,(H,22,24). The van der Waals surface area contributed by atoms with E-state index in [1.54, 1.807) is 0 Å². The van der Waals surface area contributed by atoms with Gasteiger partial charge in [-0.1, -0.05) is 6.07 Å². The number of rotatable bonds is 1. The van der Waals surface area contributed by atoms with Crippen LogP contribution in [0.1, 0.15) is 53.5 Å². The fourth-order valence-corrected chi connectivity index (χ4v) is 3.99. The van der Waals surface area contributed by atoms with Crippen LogP contribution in [0.3, 0.4) is 0 Å². The summed E-state index contributed by atoms with van der Waals surface area (Å²) in [5.41, 5.74) is 3.98. The molecule has 1 aromatic carbocycles. The summed E-state index contributed by atoms with van der Waals surface area (Å²) < 4.78 is 27.0. The van der Waals surface area contributed by atoms with Crippen LogP contribution < -0.4 is 5.32 Å². The summed E-state index contributed by atoms with van der Waals surface area (Å²) in [6, 6.07) is 1.99. The number of aryl methyl sites for hydroxylation is 2. The van der Waals surface area contributed by atoms with E-state index >= 15 is 0 Å². The summed E-state index contributed by atoms with van der Waals surface area (Å²) in [6.07, 6.45) is -0.529. The maximum Gasteiger partial charge on any atom is 0.256 e. The van der Waals surface area contributed by atoms with E-state index in [4.69, 9.17) is 0 Å². The van der Waals surface area contributed by atoms with Gasteiger partial charge in [0.1, 0.15) is 5.76 Å². The number of benzene rings is 1. The summed E-state index contributed by atoms with van der Waals surface area (Å²) in [5, 5.41) is 13.6. The number of hydrogen-bond donors (Lipinski definition) is 2. The minimum Gasteiger partial charge on any atom is -0.509 e. The Bertz CT molecular complexity index is 755.